The van der Waals surface area contributed by atoms with Gasteiger partial charge in [-0.1, -0.05) is 6.42 Å². The summed E-state index contributed by atoms with van der Waals surface area (Å²) in [6.45, 7) is 7.71. The average Bonchev–Trinajstić information content (AvgIpc) is 2.42. The molecule has 2 rings (SSSR count). The van der Waals surface area contributed by atoms with Crippen LogP contribution in [-0.2, 0) is 9.53 Å². The Bertz CT molecular complexity index is 310. The normalized spacial score (nSPS) is 22.6. The minimum Gasteiger partial charge on any atom is -0.395 e. The first kappa shape index (κ1) is 15.7. The Morgan fingerprint density at radius 1 is 1.25 bits per heavy atom. The first-order chi connectivity index (χ1) is 9.72. The SMILES string of the molecule is CCOCCC1(C(=O)N2CCN(CCO)CC2)CCC1. The van der Waals surface area contributed by atoms with Gasteiger partial charge in [0.1, 0.15) is 0 Å². The van der Waals surface area contributed by atoms with Crippen LogP contribution in [0.4, 0.5) is 0 Å². The predicted molar refractivity (Wildman–Crippen MR) is 77.5 cm³/mol. The van der Waals surface area contributed by atoms with E-state index in [1.807, 2.05) is 11.8 Å². The van der Waals surface area contributed by atoms with Crippen LogP contribution in [0.2, 0.25) is 0 Å². The number of ether oxygens (including phenoxy) is 1. The standard InChI is InChI=1S/C15H28N2O3/c1-2-20-13-6-15(4-3-5-15)14(19)17-9-7-16(8-10-17)11-12-18/h18H,2-13H2,1H3. The van der Waals surface area contributed by atoms with E-state index in [4.69, 9.17) is 9.84 Å². The van der Waals surface area contributed by atoms with Crippen molar-refractivity contribution in [3.05, 3.63) is 0 Å². The van der Waals surface area contributed by atoms with Crippen molar-refractivity contribution in [3.63, 3.8) is 0 Å². The molecule has 20 heavy (non-hydrogen) atoms. The fourth-order valence-electron chi connectivity index (χ4n) is 3.24. The fraction of sp³-hybridized carbons (Fsp3) is 0.933. The molecular formula is C15H28N2O3. The van der Waals surface area contributed by atoms with Crippen molar-refractivity contribution in [3.8, 4) is 0 Å². The monoisotopic (exact) mass is 284 g/mol. The van der Waals surface area contributed by atoms with Crippen LogP contribution in [0.15, 0.2) is 0 Å². The summed E-state index contributed by atoms with van der Waals surface area (Å²) >= 11 is 0. The molecule has 1 saturated carbocycles. The fourth-order valence-corrected chi connectivity index (χ4v) is 3.24. The first-order valence-electron chi connectivity index (χ1n) is 7.92. The summed E-state index contributed by atoms with van der Waals surface area (Å²) < 4.78 is 5.44. The molecule has 0 spiro atoms. The lowest BCUT2D eigenvalue weighted by Gasteiger charge is -2.45. The lowest BCUT2D eigenvalue weighted by atomic mass is 9.65. The van der Waals surface area contributed by atoms with Gasteiger partial charge in [0.15, 0.2) is 0 Å². The number of piperazine rings is 1. The van der Waals surface area contributed by atoms with Gasteiger partial charge in [0.05, 0.1) is 12.0 Å². The van der Waals surface area contributed by atoms with Crippen molar-refractivity contribution in [2.45, 2.75) is 32.6 Å². The van der Waals surface area contributed by atoms with Crippen molar-refractivity contribution < 1.29 is 14.6 Å². The molecule has 1 heterocycles. The molecule has 0 aromatic heterocycles. The molecule has 1 N–H and O–H groups in total. The summed E-state index contributed by atoms with van der Waals surface area (Å²) in [5.74, 6) is 0.340. The second-order valence-corrected chi connectivity index (χ2v) is 5.94. The minimum absolute atomic E-state index is 0.131. The Morgan fingerprint density at radius 2 is 1.95 bits per heavy atom. The van der Waals surface area contributed by atoms with Crippen LogP contribution in [0.1, 0.15) is 32.6 Å². The molecular weight excluding hydrogens is 256 g/mol. The lowest BCUT2D eigenvalue weighted by molar-refractivity contribution is -0.151. The van der Waals surface area contributed by atoms with E-state index in [0.717, 1.165) is 58.6 Å². The number of nitrogens with zero attached hydrogens (tertiary/aromatic N) is 2. The van der Waals surface area contributed by atoms with Gasteiger partial charge in [0, 0.05) is 45.9 Å². The zero-order chi connectivity index (χ0) is 14.4. The molecule has 2 fully saturated rings. The molecule has 1 saturated heterocycles. The quantitative estimate of drug-likeness (QED) is 0.700. The molecule has 5 nitrogen and oxygen atoms in total. The maximum Gasteiger partial charge on any atom is 0.228 e. The number of β-amino-alcohol motifs (C(OH)–C–C–N with tert-alkyl or cyclic N) is 1. The highest BCUT2D eigenvalue weighted by Crippen LogP contribution is 2.45. The minimum atomic E-state index is -0.131. The predicted octanol–water partition coefficient (Wildman–Crippen LogP) is 0.720. The van der Waals surface area contributed by atoms with Crippen LogP contribution < -0.4 is 0 Å². The molecule has 5 heteroatoms. The highest BCUT2D eigenvalue weighted by molar-refractivity contribution is 5.83. The largest absolute Gasteiger partial charge is 0.395 e. The molecule has 0 radical (unpaired) electrons. The second-order valence-electron chi connectivity index (χ2n) is 5.94. The van der Waals surface area contributed by atoms with Crippen molar-refractivity contribution in [1.82, 2.24) is 9.80 Å². The topological polar surface area (TPSA) is 53.0 Å². The van der Waals surface area contributed by atoms with Crippen molar-refractivity contribution >= 4 is 5.91 Å². The van der Waals surface area contributed by atoms with Crippen molar-refractivity contribution in [2.24, 2.45) is 5.41 Å². The lowest BCUT2D eigenvalue weighted by Crippen LogP contribution is -2.55. The van der Waals surface area contributed by atoms with Gasteiger partial charge < -0.3 is 14.7 Å². The van der Waals surface area contributed by atoms with Gasteiger partial charge >= 0.3 is 0 Å². The van der Waals surface area contributed by atoms with E-state index >= 15 is 0 Å². The Labute approximate surface area is 121 Å². The number of aliphatic hydroxyl groups is 1. The molecule has 0 aromatic rings. The van der Waals surface area contributed by atoms with Gasteiger partial charge in [-0.05, 0) is 26.2 Å². The van der Waals surface area contributed by atoms with Crippen LogP contribution in [0.5, 0.6) is 0 Å². The maximum atomic E-state index is 12.8. The third-order valence-electron chi connectivity index (χ3n) is 4.77. The van der Waals surface area contributed by atoms with Crippen molar-refractivity contribution in [2.75, 3.05) is 52.5 Å². The molecule has 0 atom stereocenters. The van der Waals surface area contributed by atoms with Gasteiger partial charge in [0.25, 0.3) is 0 Å². The average molecular weight is 284 g/mol. The zero-order valence-corrected chi connectivity index (χ0v) is 12.6. The van der Waals surface area contributed by atoms with E-state index in [1.54, 1.807) is 0 Å². The van der Waals surface area contributed by atoms with E-state index in [2.05, 4.69) is 4.90 Å². The van der Waals surface area contributed by atoms with Crippen LogP contribution in [0.3, 0.4) is 0 Å². The second kappa shape index (κ2) is 7.38. The van der Waals surface area contributed by atoms with E-state index in [0.29, 0.717) is 12.5 Å². The number of rotatable bonds is 7. The number of aliphatic hydroxyl groups excluding tert-OH is 1. The molecule has 0 unspecified atom stereocenters. The number of hydrogen-bond acceptors (Lipinski definition) is 4. The van der Waals surface area contributed by atoms with Crippen LogP contribution in [-0.4, -0.2) is 73.4 Å². The zero-order valence-electron chi connectivity index (χ0n) is 12.6. The summed E-state index contributed by atoms with van der Waals surface area (Å²) in [5, 5.41) is 8.95. The van der Waals surface area contributed by atoms with Gasteiger partial charge in [-0.2, -0.15) is 0 Å². The first-order valence-corrected chi connectivity index (χ1v) is 7.92. The molecule has 1 amide bonds. The summed E-state index contributed by atoms with van der Waals surface area (Å²) in [5.41, 5.74) is -0.131. The van der Waals surface area contributed by atoms with E-state index in [1.165, 1.54) is 6.42 Å². The van der Waals surface area contributed by atoms with Gasteiger partial charge in [-0.15, -0.1) is 0 Å². The highest BCUT2D eigenvalue weighted by Gasteiger charge is 2.46. The number of amides is 1. The summed E-state index contributed by atoms with van der Waals surface area (Å²) in [7, 11) is 0. The molecule has 116 valence electrons. The summed E-state index contributed by atoms with van der Waals surface area (Å²) in [4.78, 5) is 17.0. The Kier molecular flexibility index (Phi) is 5.81. The molecule has 0 bridgehead atoms. The van der Waals surface area contributed by atoms with Gasteiger partial charge in [0.2, 0.25) is 5.91 Å². The molecule has 2 aliphatic rings. The van der Waals surface area contributed by atoms with Crippen LogP contribution in [0.25, 0.3) is 0 Å². The van der Waals surface area contributed by atoms with Crippen LogP contribution in [0, 0.1) is 5.41 Å². The smallest absolute Gasteiger partial charge is 0.228 e. The van der Waals surface area contributed by atoms with E-state index < -0.39 is 0 Å². The van der Waals surface area contributed by atoms with Gasteiger partial charge in [-0.3, -0.25) is 9.69 Å². The molecule has 1 aliphatic carbocycles. The Morgan fingerprint density at radius 3 is 2.45 bits per heavy atom. The van der Waals surface area contributed by atoms with E-state index in [9.17, 15) is 4.79 Å². The summed E-state index contributed by atoms with van der Waals surface area (Å²) in [6, 6.07) is 0. The van der Waals surface area contributed by atoms with Crippen molar-refractivity contribution in [1.29, 1.82) is 0 Å². The third-order valence-corrected chi connectivity index (χ3v) is 4.77. The summed E-state index contributed by atoms with van der Waals surface area (Å²) in [6.07, 6.45) is 4.09. The number of carbonyl (C=O) groups excluding carboxylic acids is 1. The molecule has 1 aliphatic heterocycles. The maximum absolute atomic E-state index is 12.8. The highest BCUT2D eigenvalue weighted by atomic mass is 16.5. The number of carbonyl (C=O) groups is 1. The van der Waals surface area contributed by atoms with E-state index in [-0.39, 0.29) is 12.0 Å². The van der Waals surface area contributed by atoms with Gasteiger partial charge in [-0.25, -0.2) is 0 Å². The Hall–Kier alpha value is -0.650. The number of hydrogen-bond donors (Lipinski definition) is 1. The third kappa shape index (κ3) is 3.51. The van der Waals surface area contributed by atoms with Crippen LogP contribution >= 0.6 is 0 Å². The molecule has 0 aromatic carbocycles. The Balaban J connectivity index is 1.83.